The van der Waals surface area contributed by atoms with Crippen molar-refractivity contribution in [2.45, 2.75) is 38.8 Å². The molecule has 1 aliphatic rings. The lowest BCUT2D eigenvalue weighted by molar-refractivity contribution is -0.143. The number of fused-ring (bicyclic) bond motifs is 1. The summed E-state index contributed by atoms with van der Waals surface area (Å²) >= 11 is 0. The average molecular weight is 389 g/mol. The fourth-order valence-electron chi connectivity index (χ4n) is 3.07. The lowest BCUT2D eigenvalue weighted by Gasteiger charge is -2.21. The van der Waals surface area contributed by atoms with Gasteiger partial charge >= 0.3 is 11.9 Å². The van der Waals surface area contributed by atoms with E-state index in [1.807, 2.05) is 19.9 Å². The van der Waals surface area contributed by atoms with Crippen LogP contribution in [0.2, 0.25) is 0 Å². The lowest BCUT2D eigenvalue weighted by atomic mass is 10.0. The van der Waals surface area contributed by atoms with Crippen LogP contribution in [0.3, 0.4) is 0 Å². The molecular weight excluding hydrogens is 366 g/mol. The Balaban J connectivity index is 1.72. The number of aliphatic carboxylic acids is 2. The van der Waals surface area contributed by atoms with E-state index in [1.54, 1.807) is 24.3 Å². The van der Waals surface area contributed by atoms with Gasteiger partial charge in [0.05, 0.1) is 0 Å². The number of carbonyl (C=O) groups is 2. The Labute approximate surface area is 162 Å². The molecule has 150 valence electrons. The number of benzene rings is 1. The van der Waals surface area contributed by atoms with Gasteiger partial charge in [0, 0.05) is 12.0 Å². The van der Waals surface area contributed by atoms with Gasteiger partial charge < -0.3 is 24.1 Å². The van der Waals surface area contributed by atoms with Gasteiger partial charge in [-0.15, -0.1) is 0 Å². The molecule has 8 heteroatoms. The summed E-state index contributed by atoms with van der Waals surface area (Å²) < 4.78 is 16.4. The summed E-state index contributed by atoms with van der Waals surface area (Å²) in [6, 6.07) is 6.82. The number of hydrogen-bond donors (Lipinski definition) is 3. The number of furan rings is 1. The molecule has 0 aliphatic carbocycles. The van der Waals surface area contributed by atoms with E-state index in [-0.39, 0.29) is 19.1 Å². The summed E-state index contributed by atoms with van der Waals surface area (Å²) in [6.07, 6.45) is 0.363. The Morgan fingerprint density at radius 3 is 2.43 bits per heavy atom. The smallest absolute Gasteiger partial charge is 0.321 e. The fraction of sp³-hybridized carbons (Fsp3) is 0.400. The molecule has 1 aliphatic heterocycles. The van der Waals surface area contributed by atoms with Crippen LogP contribution in [0.1, 0.15) is 26.0 Å². The van der Waals surface area contributed by atoms with Crippen LogP contribution in [0.15, 0.2) is 34.7 Å². The maximum absolute atomic E-state index is 11.6. The molecule has 0 saturated carbocycles. The molecule has 2 unspecified atom stereocenters. The van der Waals surface area contributed by atoms with Gasteiger partial charge in [-0.25, -0.2) is 0 Å². The zero-order chi connectivity index (χ0) is 20.3. The molecule has 0 fully saturated rings. The highest BCUT2D eigenvalue weighted by molar-refractivity contribution is 5.77. The highest BCUT2D eigenvalue weighted by Gasteiger charge is 2.27. The van der Waals surface area contributed by atoms with Crippen molar-refractivity contribution in [3.63, 3.8) is 0 Å². The number of nitrogens with one attached hydrogen (secondary N) is 1. The molecule has 0 amide bonds. The zero-order valence-electron chi connectivity index (χ0n) is 15.7. The van der Waals surface area contributed by atoms with Crippen LogP contribution in [0.4, 0.5) is 0 Å². The molecule has 0 bridgehead atoms. The minimum absolute atomic E-state index is 0.0295. The molecule has 0 spiro atoms. The number of hydrogen-bond acceptors (Lipinski definition) is 6. The van der Waals surface area contributed by atoms with Crippen LogP contribution in [0.25, 0.3) is 11.3 Å². The Kier molecular flexibility index (Phi) is 5.89. The van der Waals surface area contributed by atoms with E-state index in [2.05, 4.69) is 5.32 Å². The molecule has 2 heterocycles. The molecule has 0 radical (unpaired) electrons. The minimum atomic E-state index is -1.13. The number of rotatable bonds is 9. The molecule has 3 rings (SSSR count). The summed E-state index contributed by atoms with van der Waals surface area (Å²) in [6.45, 7) is 3.95. The van der Waals surface area contributed by atoms with Crippen molar-refractivity contribution in [2.75, 3.05) is 6.79 Å². The second kappa shape index (κ2) is 8.35. The molecule has 0 saturated heterocycles. The van der Waals surface area contributed by atoms with Crippen molar-refractivity contribution in [1.29, 1.82) is 0 Å². The van der Waals surface area contributed by atoms with Crippen molar-refractivity contribution in [3.8, 4) is 22.8 Å². The summed E-state index contributed by atoms with van der Waals surface area (Å²) in [5, 5.41) is 21.6. The number of carboxylic acids is 2. The predicted octanol–water partition coefficient (Wildman–Crippen LogP) is 2.76. The third kappa shape index (κ3) is 4.64. The lowest BCUT2D eigenvalue weighted by Crippen LogP contribution is -2.48. The number of carboxylic acid groups (broad SMARTS) is 2. The molecular formula is C20H23NO7. The van der Waals surface area contributed by atoms with Crippen molar-refractivity contribution >= 4 is 11.9 Å². The van der Waals surface area contributed by atoms with E-state index in [0.717, 1.165) is 5.56 Å². The maximum atomic E-state index is 11.6. The standard InChI is InChI=1S/C20H23NO7/c1-11(2)7-14(19(22)23)21-15(20(24)25)9-13-4-6-16(28-13)12-3-5-17-18(8-12)27-10-26-17/h3-6,8,11,14-15,21H,7,9-10H2,1-2H3,(H,22,23)(H,24,25). The van der Waals surface area contributed by atoms with Gasteiger partial charge in [-0.05, 0) is 42.7 Å². The van der Waals surface area contributed by atoms with E-state index >= 15 is 0 Å². The predicted molar refractivity (Wildman–Crippen MR) is 99.4 cm³/mol. The zero-order valence-corrected chi connectivity index (χ0v) is 15.7. The van der Waals surface area contributed by atoms with Crippen molar-refractivity contribution in [2.24, 2.45) is 5.92 Å². The Bertz CT molecular complexity index is 858. The maximum Gasteiger partial charge on any atom is 0.321 e. The average Bonchev–Trinajstić information content (AvgIpc) is 3.28. The third-order valence-corrected chi connectivity index (χ3v) is 4.43. The summed E-state index contributed by atoms with van der Waals surface area (Å²) in [5.74, 6) is 0.213. The van der Waals surface area contributed by atoms with Crippen LogP contribution in [0.5, 0.6) is 11.5 Å². The van der Waals surface area contributed by atoms with Gasteiger partial charge in [0.15, 0.2) is 11.5 Å². The highest BCUT2D eigenvalue weighted by Crippen LogP contribution is 2.36. The van der Waals surface area contributed by atoms with E-state index in [1.165, 1.54) is 0 Å². The monoisotopic (exact) mass is 389 g/mol. The summed E-state index contributed by atoms with van der Waals surface area (Å²) in [5.41, 5.74) is 0.776. The van der Waals surface area contributed by atoms with E-state index in [0.29, 0.717) is 29.4 Å². The molecule has 3 N–H and O–H groups in total. The molecule has 2 aromatic rings. The van der Waals surface area contributed by atoms with Crippen LogP contribution in [-0.4, -0.2) is 41.0 Å². The number of ether oxygens (including phenoxy) is 2. The SMILES string of the molecule is CC(C)CC(NC(Cc1ccc(-c2ccc3c(c2)OCO3)o1)C(=O)O)C(=O)O. The molecule has 2 atom stereocenters. The topological polar surface area (TPSA) is 118 Å². The molecule has 8 nitrogen and oxygen atoms in total. The molecule has 1 aromatic heterocycles. The summed E-state index contributed by atoms with van der Waals surface area (Å²) in [4.78, 5) is 23.1. The van der Waals surface area contributed by atoms with Crippen molar-refractivity contribution in [3.05, 3.63) is 36.1 Å². The summed E-state index contributed by atoms with van der Waals surface area (Å²) in [7, 11) is 0. The van der Waals surface area contributed by atoms with E-state index < -0.39 is 24.0 Å². The van der Waals surface area contributed by atoms with Gasteiger partial charge in [0.25, 0.3) is 0 Å². The fourth-order valence-corrected chi connectivity index (χ4v) is 3.07. The van der Waals surface area contributed by atoms with Crippen molar-refractivity contribution in [1.82, 2.24) is 5.32 Å². The van der Waals surface area contributed by atoms with Crippen LogP contribution >= 0.6 is 0 Å². The highest BCUT2D eigenvalue weighted by atomic mass is 16.7. The van der Waals surface area contributed by atoms with Crippen molar-refractivity contribution < 1.29 is 33.7 Å². The van der Waals surface area contributed by atoms with Crippen LogP contribution in [0, 0.1) is 5.92 Å². The first-order chi connectivity index (χ1) is 13.3. The minimum Gasteiger partial charge on any atom is -0.480 e. The Hall–Kier alpha value is -3.00. The normalized spacial score (nSPS) is 14.8. The van der Waals surface area contributed by atoms with Gasteiger partial charge in [0.1, 0.15) is 23.6 Å². The first-order valence-corrected chi connectivity index (χ1v) is 9.04. The second-order valence-electron chi connectivity index (χ2n) is 7.12. The first-order valence-electron chi connectivity index (χ1n) is 9.04. The van der Waals surface area contributed by atoms with Gasteiger partial charge in [-0.2, -0.15) is 0 Å². The van der Waals surface area contributed by atoms with Gasteiger partial charge in [-0.3, -0.25) is 14.9 Å². The first kappa shape index (κ1) is 19.8. The third-order valence-electron chi connectivity index (χ3n) is 4.43. The largest absolute Gasteiger partial charge is 0.480 e. The van der Waals surface area contributed by atoms with Gasteiger partial charge in [0.2, 0.25) is 6.79 Å². The quantitative estimate of drug-likeness (QED) is 0.599. The molecule has 1 aromatic carbocycles. The van der Waals surface area contributed by atoms with Gasteiger partial charge in [-0.1, -0.05) is 13.8 Å². The molecule has 28 heavy (non-hydrogen) atoms. The van der Waals surface area contributed by atoms with Crippen LogP contribution in [-0.2, 0) is 16.0 Å². The van der Waals surface area contributed by atoms with E-state index in [4.69, 9.17) is 13.9 Å². The Morgan fingerprint density at radius 2 is 1.75 bits per heavy atom. The Morgan fingerprint density at radius 1 is 1.04 bits per heavy atom. The van der Waals surface area contributed by atoms with E-state index in [9.17, 15) is 19.8 Å². The second-order valence-corrected chi connectivity index (χ2v) is 7.12. The van der Waals surface area contributed by atoms with Crippen LogP contribution < -0.4 is 14.8 Å².